The van der Waals surface area contributed by atoms with Gasteiger partial charge in [-0.2, -0.15) is 0 Å². The summed E-state index contributed by atoms with van der Waals surface area (Å²) < 4.78 is 5.63. The van der Waals surface area contributed by atoms with Crippen LogP contribution in [-0.4, -0.2) is 20.2 Å². The molecule has 18 heavy (non-hydrogen) atoms. The van der Waals surface area contributed by atoms with Crippen LogP contribution < -0.4 is 10.1 Å². The first-order valence-electron chi connectivity index (χ1n) is 6.99. The number of benzene rings is 1. The second-order valence-electron chi connectivity index (χ2n) is 5.48. The van der Waals surface area contributed by atoms with Crippen molar-refractivity contribution in [1.82, 2.24) is 5.32 Å². The summed E-state index contributed by atoms with van der Waals surface area (Å²) in [6.45, 7) is 4.35. The maximum absolute atomic E-state index is 5.63. The molecule has 2 rings (SSSR count). The highest BCUT2D eigenvalue weighted by Crippen LogP contribution is 2.40. The second-order valence-corrected chi connectivity index (χ2v) is 5.48. The van der Waals surface area contributed by atoms with Crippen molar-refractivity contribution < 1.29 is 4.74 Å². The number of likely N-dealkylation sites (N-methyl/N-ethyl adjacent to an activating group) is 1. The molecule has 1 aliphatic carbocycles. The van der Waals surface area contributed by atoms with E-state index in [-0.39, 0.29) is 0 Å². The van der Waals surface area contributed by atoms with E-state index in [1.54, 1.807) is 7.11 Å². The molecule has 0 aromatic heterocycles. The molecule has 0 bridgehead atoms. The van der Waals surface area contributed by atoms with E-state index < -0.39 is 0 Å². The van der Waals surface area contributed by atoms with Gasteiger partial charge in [0.25, 0.3) is 0 Å². The fourth-order valence-corrected chi connectivity index (χ4v) is 3.41. The van der Waals surface area contributed by atoms with Gasteiger partial charge >= 0.3 is 0 Å². The zero-order chi connectivity index (χ0) is 13.1. The van der Waals surface area contributed by atoms with Crippen molar-refractivity contribution in [2.45, 2.75) is 51.5 Å². The van der Waals surface area contributed by atoms with Crippen molar-refractivity contribution in [3.05, 3.63) is 28.8 Å². The van der Waals surface area contributed by atoms with Gasteiger partial charge < -0.3 is 10.1 Å². The Morgan fingerprint density at radius 1 is 1.17 bits per heavy atom. The molecule has 1 aromatic rings. The van der Waals surface area contributed by atoms with E-state index >= 15 is 0 Å². The Labute approximate surface area is 111 Å². The van der Waals surface area contributed by atoms with Crippen molar-refractivity contribution in [2.24, 2.45) is 0 Å². The standard InChI is InChI=1S/C16H25NO/c1-11-9-12(2)16(15(10-11)18-4)13-7-5-6-8-14(13)17-3/h9-10,13-14,17H,5-8H2,1-4H3. The van der Waals surface area contributed by atoms with Gasteiger partial charge in [-0.25, -0.2) is 0 Å². The van der Waals surface area contributed by atoms with E-state index in [9.17, 15) is 0 Å². The molecular formula is C16H25NO. The van der Waals surface area contributed by atoms with Crippen LogP contribution in [0.25, 0.3) is 0 Å². The van der Waals surface area contributed by atoms with E-state index in [2.05, 4.69) is 38.3 Å². The Morgan fingerprint density at radius 3 is 2.56 bits per heavy atom. The predicted octanol–water partition coefficient (Wildman–Crippen LogP) is 3.56. The number of nitrogens with one attached hydrogen (secondary N) is 1. The third-order valence-electron chi connectivity index (χ3n) is 4.22. The number of aryl methyl sites for hydroxylation is 2. The Balaban J connectivity index is 2.41. The minimum Gasteiger partial charge on any atom is -0.496 e. The molecule has 0 spiro atoms. The van der Waals surface area contributed by atoms with Crippen LogP contribution in [0.15, 0.2) is 12.1 Å². The summed E-state index contributed by atoms with van der Waals surface area (Å²) in [5.74, 6) is 1.67. The largest absolute Gasteiger partial charge is 0.496 e. The van der Waals surface area contributed by atoms with Crippen LogP contribution in [0.5, 0.6) is 5.75 Å². The third-order valence-corrected chi connectivity index (χ3v) is 4.22. The first kappa shape index (κ1) is 13.4. The summed E-state index contributed by atoms with van der Waals surface area (Å²) in [5, 5.41) is 3.49. The molecule has 1 saturated carbocycles. The average Bonchev–Trinajstić information content (AvgIpc) is 2.38. The molecule has 0 heterocycles. The normalized spacial score (nSPS) is 24.0. The van der Waals surface area contributed by atoms with Gasteiger partial charge in [0.1, 0.15) is 5.75 Å². The van der Waals surface area contributed by atoms with E-state index in [4.69, 9.17) is 4.74 Å². The average molecular weight is 247 g/mol. The lowest BCUT2D eigenvalue weighted by Crippen LogP contribution is -2.35. The fourth-order valence-electron chi connectivity index (χ4n) is 3.41. The highest BCUT2D eigenvalue weighted by Gasteiger charge is 2.28. The third kappa shape index (κ3) is 2.54. The van der Waals surface area contributed by atoms with Gasteiger partial charge in [0.05, 0.1) is 7.11 Å². The Hall–Kier alpha value is -1.02. The fraction of sp³-hybridized carbons (Fsp3) is 0.625. The van der Waals surface area contributed by atoms with Gasteiger partial charge in [-0.15, -0.1) is 0 Å². The minimum absolute atomic E-state index is 0.592. The molecule has 1 aliphatic rings. The van der Waals surface area contributed by atoms with Gasteiger partial charge in [0.15, 0.2) is 0 Å². The monoisotopic (exact) mass is 247 g/mol. The Morgan fingerprint density at radius 2 is 1.89 bits per heavy atom. The summed E-state index contributed by atoms with van der Waals surface area (Å²) in [6, 6.07) is 5.04. The lowest BCUT2D eigenvalue weighted by atomic mass is 9.78. The smallest absolute Gasteiger partial charge is 0.122 e. The number of ether oxygens (including phenoxy) is 1. The molecule has 2 atom stereocenters. The van der Waals surface area contributed by atoms with Crippen molar-refractivity contribution >= 4 is 0 Å². The van der Waals surface area contributed by atoms with Crippen LogP contribution in [-0.2, 0) is 0 Å². The Bertz CT molecular complexity index is 414. The van der Waals surface area contributed by atoms with E-state index in [1.807, 2.05) is 0 Å². The highest BCUT2D eigenvalue weighted by atomic mass is 16.5. The van der Waals surface area contributed by atoms with Gasteiger partial charge in [0, 0.05) is 17.5 Å². The molecule has 2 unspecified atom stereocenters. The van der Waals surface area contributed by atoms with Crippen LogP contribution in [0.2, 0.25) is 0 Å². The minimum atomic E-state index is 0.592. The summed E-state index contributed by atoms with van der Waals surface area (Å²) in [5.41, 5.74) is 4.08. The van der Waals surface area contributed by atoms with Crippen molar-refractivity contribution in [1.29, 1.82) is 0 Å². The van der Waals surface area contributed by atoms with Crippen LogP contribution in [0, 0.1) is 13.8 Å². The van der Waals surface area contributed by atoms with Crippen molar-refractivity contribution in [3.8, 4) is 5.75 Å². The molecule has 100 valence electrons. The molecule has 2 nitrogen and oxygen atoms in total. The molecule has 1 aromatic carbocycles. The second kappa shape index (κ2) is 5.75. The first-order valence-corrected chi connectivity index (χ1v) is 6.99. The van der Waals surface area contributed by atoms with E-state index in [1.165, 1.54) is 42.4 Å². The molecule has 1 N–H and O–H groups in total. The van der Waals surface area contributed by atoms with E-state index in [0.29, 0.717) is 12.0 Å². The predicted molar refractivity (Wildman–Crippen MR) is 76.5 cm³/mol. The number of methoxy groups -OCH3 is 1. The number of hydrogen-bond acceptors (Lipinski definition) is 2. The summed E-state index contributed by atoms with van der Waals surface area (Å²) in [4.78, 5) is 0. The SMILES string of the molecule is CNC1CCCCC1c1c(C)cc(C)cc1OC. The first-order chi connectivity index (χ1) is 8.67. The van der Waals surface area contributed by atoms with Crippen molar-refractivity contribution in [2.75, 3.05) is 14.2 Å². The highest BCUT2D eigenvalue weighted by molar-refractivity contribution is 5.46. The van der Waals surface area contributed by atoms with Crippen molar-refractivity contribution in [3.63, 3.8) is 0 Å². The molecule has 2 heteroatoms. The maximum atomic E-state index is 5.63. The van der Waals surface area contributed by atoms with Crippen LogP contribution in [0.1, 0.15) is 48.3 Å². The molecule has 0 amide bonds. The molecule has 0 aliphatic heterocycles. The number of hydrogen-bond donors (Lipinski definition) is 1. The van der Waals surface area contributed by atoms with Gasteiger partial charge in [-0.3, -0.25) is 0 Å². The van der Waals surface area contributed by atoms with Gasteiger partial charge in [-0.1, -0.05) is 18.9 Å². The molecule has 0 saturated heterocycles. The molecule has 1 fully saturated rings. The number of rotatable bonds is 3. The molecular weight excluding hydrogens is 222 g/mol. The Kier molecular flexibility index (Phi) is 4.28. The van der Waals surface area contributed by atoms with Gasteiger partial charge in [-0.05, 0) is 50.9 Å². The van der Waals surface area contributed by atoms with Gasteiger partial charge in [0.2, 0.25) is 0 Å². The molecule has 0 radical (unpaired) electrons. The van der Waals surface area contributed by atoms with E-state index in [0.717, 1.165) is 5.75 Å². The van der Waals surface area contributed by atoms with Crippen LogP contribution in [0.3, 0.4) is 0 Å². The van der Waals surface area contributed by atoms with Crippen LogP contribution >= 0.6 is 0 Å². The lowest BCUT2D eigenvalue weighted by Gasteiger charge is -2.33. The zero-order valence-electron chi connectivity index (χ0n) is 12.0. The zero-order valence-corrected chi connectivity index (χ0v) is 12.0. The summed E-state index contributed by atoms with van der Waals surface area (Å²) >= 11 is 0. The topological polar surface area (TPSA) is 21.3 Å². The summed E-state index contributed by atoms with van der Waals surface area (Å²) in [7, 11) is 3.87. The summed E-state index contributed by atoms with van der Waals surface area (Å²) in [6.07, 6.45) is 5.22. The lowest BCUT2D eigenvalue weighted by molar-refractivity contribution is 0.329. The van der Waals surface area contributed by atoms with Crippen LogP contribution in [0.4, 0.5) is 0 Å². The maximum Gasteiger partial charge on any atom is 0.122 e. The quantitative estimate of drug-likeness (QED) is 0.882.